The zero-order chi connectivity index (χ0) is 9.61. The molecule has 0 bridgehead atoms. The molecule has 0 amide bonds. The lowest BCUT2D eigenvalue weighted by Crippen LogP contribution is -2.03. The largest absolute Gasteiger partial charge is 0.478 e. The van der Waals surface area contributed by atoms with Gasteiger partial charge < -0.3 is 5.11 Å². The van der Waals surface area contributed by atoms with Gasteiger partial charge in [-0.25, -0.2) is 4.79 Å². The lowest BCUT2D eigenvalue weighted by atomic mass is 10.4. The first-order valence-electron chi connectivity index (χ1n) is 3.15. The minimum Gasteiger partial charge on any atom is -0.478 e. The van der Waals surface area contributed by atoms with Gasteiger partial charge >= 0.3 is 5.97 Å². The van der Waals surface area contributed by atoms with Gasteiger partial charge in [0.25, 0.3) is 10.1 Å². The molecule has 0 radical (unpaired) electrons. The van der Waals surface area contributed by atoms with Crippen LogP contribution < -0.4 is 0 Å². The van der Waals surface area contributed by atoms with Crippen LogP contribution in [0.3, 0.4) is 0 Å². The molecule has 70 valence electrons. The van der Waals surface area contributed by atoms with Crippen LogP contribution in [0.15, 0.2) is 12.2 Å². The highest BCUT2D eigenvalue weighted by Crippen LogP contribution is 1.90. The molecule has 0 aromatic rings. The van der Waals surface area contributed by atoms with Crippen molar-refractivity contribution in [1.82, 2.24) is 0 Å². The Kier molecular flexibility index (Phi) is 4.53. The molecule has 5 nitrogen and oxygen atoms in total. The van der Waals surface area contributed by atoms with Gasteiger partial charge in [0.2, 0.25) is 0 Å². The summed E-state index contributed by atoms with van der Waals surface area (Å²) in [5.74, 6) is -1.06. The van der Waals surface area contributed by atoms with Gasteiger partial charge in [-0.2, -0.15) is 8.42 Å². The third-order valence-electron chi connectivity index (χ3n) is 0.842. The second-order valence-electron chi connectivity index (χ2n) is 2.06. The first-order chi connectivity index (χ1) is 5.42. The molecule has 0 saturated heterocycles. The van der Waals surface area contributed by atoms with E-state index < -0.39 is 16.1 Å². The Morgan fingerprint density at radius 2 is 2.17 bits per heavy atom. The lowest BCUT2D eigenvalue weighted by Gasteiger charge is -1.95. The van der Waals surface area contributed by atoms with Gasteiger partial charge in [0.05, 0.1) is 12.9 Å². The van der Waals surface area contributed by atoms with Crippen molar-refractivity contribution < 1.29 is 22.5 Å². The molecule has 0 aliphatic carbocycles. The van der Waals surface area contributed by atoms with Crippen LogP contribution >= 0.6 is 0 Å². The first kappa shape index (κ1) is 11.1. The van der Waals surface area contributed by atoms with Crippen LogP contribution in [0, 0.1) is 0 Å². The second-order valence-corrected chi connectivity index (χ2v) is 3.70. The quantitative estimate of drug-likeness (QED) is 0.378. The molecule has 0 aliphatic heterocycles. The third kappa shape index (κ3) is 9.12. The minimum atomic E-state index is -3.41. The van der Waals surface area contributed by atoms with E-state index in [1.54, 1.807) is 0 Å². The molecule has 12 heavy (non-hydrogen) atoms. The molecule has 0 spiro atoms. The molecule has 0 unspecified atom stereocenters. The molecule has 0 heterocycles. The highest BCUT2D eigenvalue weighted by Gasteiger charge is 1.98. The van der Waals surface area contributed by atoms with Crippen molar-refractivity contribution in [3.05, 3.63) is 12.2 Å². The number of hydrogen-bond donors (Lipinski definition) is 1. The lowest BCUT2D eigenvalue weighted by molar-refractivity contribution is -0.131. The number of carbonyl (C=O) groups is 1. The van der Waals surface area contributed by atoms with Gasteiger partial charge in [0.15, 0.2) is 0 Å². The van der Waals surface area contributed by atoms with E-state index in [-0.39, 0.29) is 13.0 Å². The summed E-state index contributed by atoms with van der Waals surface area (Å²) in [4.78, 5) is 9.91. The highest BCUT2D eigenvalue weighted by molar-refractivity contribution is 7.85. The van der Waals surface area contributed by atoms with E-state index >= 15 is 0 Å². The summed E-state index contributed by atoms with van der Waals surface area (Å²) in [6.45, 7) is -0.0252. The monoisotopic (exact) mass is 194 g/mol. The Morgan fingerprint density at radius 1 is 1.58 bits per heavy atom. The number of rotatable bonds is 5. The SMILES string of the molecule is CS(=O)(=O)OCCC=CC(=O)O. The van der Waals surface area contributed by atoms with Crippen molar-refractivity contribution in [2.45, 2.75) is 6.42 Å². The first-order valence-corrected chi connectivity index (χ1v) is 4.97. The topological polar surface area (TPSA) is 80.7 Å². The third-order valence-corrected chi connectivity index (χ3v) is 1.44. The molecule has 0 saturated carbocycles. The van der Waals surface area contributed by atoms with Crippen LogP contribution in [-0.4, -0.2) is 32.4 Å². The maximum absolute atomic E-state index is 10.4. The fourth-order valence-electron chi connectivity index (χ4n) is 0.452. The average Bonchev–Trinajstić information content (AvgIpc) is 1.83. The van der Waals surface area contributed by atoms with Gasteiger partial charge in [-0.15, -0.1) is 0 Å². The normalized spacial score (nSPS) is 12.1. The van der Waals surface area contributed by atoms with Crippen molar-refractivity contribution in [1.29, 1.82) is 0 Å². The van der Waals surface area contributed by atoms with Crippen molar-refractivity contribution in [2.24, 2.45) is 0 Å². The summed E-state index contributed by atoms with van der Waals surface area (Å²) in [6.07, 6.45) is 3.46. The summed E-state index contributed by atoms with van der Waals surface area (Å²) in [5.41, 5.74) is 0. The summed E-state index contributed by atoms with van der Waals surface area (Å²) in [7, 11) is -3.41. The zero-order valence-electron chi connectivity index (χ0n) is 6.56. The van der Waals surface area contributed by atoms with E-state index in [0.29, 0.717) is 0 Å². The molecule has 0 aromatic carbocycles. The molecule has 0 rings (SSSR count). The Labute approximate surface area is 70.8 Å². The number of hydrogen-bond acceptors (Lipinski definition) is 4. The minimum absolute atomic E-state index is 0.0252. The predicted octanol–water partition coefficient (Wildman–Crippen LogP) is -0.00650. The molecule has 0 aliphatic rings. The number of aliphatic carboxylic acids is 1. The Balaban J connectivity index is 3.53. The van der Waals surface area contributed by atoms with Crippen LogP contribution in [0.4, 0.5) is 0 Å². The van der Waals surface area contributed by atoms with Gasteiger partial charge in [0, 0.05) is 6.08 Å². The maximum atomic E-state index is 10.4. The van der Waals surface area contributed by atoms with E-state index in [9.17, 15) is 13.2 Å². The molecule has 1 N–H and O–H groups in total. The summed E-state index contributed by atoms with van der Waals surface area (Å²) >= 11 is 0. The van der Waals surface area contributed by atoms with E-state index in [0.717, 1.165) is 12.3 Å². The van der Waals surface area contributed by atoms with Crippen molar-refractivity contribution in [2.75, 3.05) is 12.9 Å². The summed E-state index contributed by atoms with van der Waals surface area (Å²) < 4.78 is 25.1. The fourth-order valence-corrected chi connectivity index (χ4v) is 0.851. The van der Waals surface area contributed by atoms with E-state index in [4.69, 9.17) is 5.11 Å². The Bertz CT molecular complexity index is 264. The Morgan fingerprint density at radius 3 is 2.58 bits per heavy atom. The highest BCUT2D eigenvalue weighted by atomic mass is 32.2. The van der Waals surface area contributed by atoms with Crippen molar-refractivity contribution >= 4 is 16.1 Å². The van der Waals surface area contributed by atoms with Crippen LogP contribution in [0.1, 0.15) is 6.42 Å². The number of carboxylic acid groups (broad SMARTS) is 1. The summed E-state index contributed by atoms with van der Waals surface area (Å²) in [5, 5.41) is 8.13. The molecular weight excluding hydrogens is 184 g/mol. The smallest absolute Gasteiger partial charge is 0.327 e. The summed E-state index contributed by atoms with van der Waals surface area (Å²) in [6, 6.07) is 0. The van der Waals surface area contributed by atoms with Crippen LogP contribution in [0.5, 0.6) is 0 Å². The van der Waals surface area contributed by atoms with Gasteiger partial charge in [-0.1, -0.05) is 6.08 Å². The van der Waals surface area contributed by atoms with Gasteiger partial charge in [0.1, 0.15) is 0 Å². The van der Waals surface area contributed by atoms with Crippen LogP contribution in [0.25, 0.3) is 0 Å². The fraction of sp³-hybridized carbons (Fsp3) is 0.500. The van der Waals surface area contributed by atoms with Gasteiger partial charge in [-0.05, 0) is 6.42 Å². The molecule has 6 heteroatoms. The standard InChI is InChI=1S/C6H10O5S/c1-12(9,10)11-5-3-2-4-6(7)8/h2,4H,3,5H2,1H3,(H,7,8). The van der Waals surface area contributed by atoms with Crippen molar-refractivity contribution in [3.8, 4) is 0 Å². The van der Waals surface area contributed by atoms with Crippen LogP contribution in [-0.2, 0) is 19.1 Å². The van der Waals surface area contributed by atoms with E-state index in [1.807, 2.05) is 0 Å². The molecule has 0 atom stereocenters. The average molecular weight is 194 g/mol. The van der Waals surface area contributed by atoms with Gasteiger partial charge in [-0.3, -0.25) is 4.18 Å². The zero-order valence-corrected chi connectivity index (χ0v) is 7.37. The second kappa shape index (κ2) is 4.89. The molecule has 0 aromatic heterocycles. The van der Waals surface area contributed by atoms with Crippen LogP contribution in [0.2, 0.25) is 0 Å². The molecule has 0 fully saturated rings. The predicted molar refractivity (Wildman–Crippen MR) is 42.2 cm³/mol. The van der Waals surface area contributed by atoms with Crippen molar-refractivity contribution in [3.63, 3.8) is 0 Å². The maximum Gasteiger partial charge on any atom is 0.327 e. The van der Waals surface area contributed by atoms with E-state index in [1.165, 1.54) is 6.08 Å². The molecular formula is C6H10O5S. The Hall–Kier alpha value is -0.880. The van der Waals surface area contributed by atoms with E-state index in [2.05, 4.69) is 4.18 Å². The number of carboxylic acids is 1.